The van der Waals surface area contributed by atoms with Gasteiger partial charge in [0.15, 0.2) is 0 Å². The predicted octanol–water partition coefficient (Wildman–Crippen LogP) is 0.907. The second-order valence-electron chi connectivity index (χ2n) is 3.03. The molecule has 0 radical (unpaired) electrons. The Labute approximate surface area is 109 Å². The van der Waals surface area contributed by atoms with Crippen LogP contribution in [0.3, 0.4) is 0 Å². The van der Waals surface area contributed by atoms with Crippen molar-refractivity contribution in [1.82, 2.24) is 4.72 Å². The van der Waals surface area contributed by atoms with Crippen molar-refractivity contribution >= 4 is 38.9 Å². The molecule has 0 unspecified atom stereocenters. The van der Waals surface area contributed by atoms with Crippen LogP contribution in [0.4, 0.5) is 0 Å². The van der Waals surface area contributed by atoms with Crippen LogP contribution in [0.2, 0.25) is 0 Å². The normalized spacial score (nSPS) is 12.6. The lowest BCUT2D eigenvalue weighted by molar-refractivity contribution is 0.502. The zero-order chi connectivity index (χ0) is 12.9. The molecule has 0 heterocycles. The van der Waals surface area contributed by atoms with E-state index in [0.29, 0.717) is 0 Å². The molecule has 0 saturated heterocycles. The second-order valence-corrected chi connectivity index (χ2v) is 11.0. The van der Waals surface area contributed by atoms with E-state index in [9.17, 15) is 8.42 Å². The van der Waals surface area contributed by atoms with Crippen LogP contribution in [0.5, 0.6) is 0 Å². The standard InChI is InChI=1S/C8H12NO4PS3/c10-14(11,15)16-7-6-9-17(12,13)8-4-2-1-3-5-8/h1-5,9H,6-7H2,(H2,10,11,15). The maximum atomic E-state index is 11.7. The number of nitrogens with one attached hydrogen (secondary N) is 1. The van der Waals surface area contributed by atoms with Gasteiger partial charge in [0.25, 0.3) is 0 Å². The highest BCUT2D eigenvalue weighted by Crippen LogP contribution is 2.50. The van der Waals surface area contributed by atoms with E-state index in [4.69, 9.17) is 9.79 Å². The van der Waals surface area contributed by atoms with Crippen molar-refractivity contribution in [2.75, 3.05) is 12.3 Å². The summed E-state index contributed by atoms with van der Waals surface area (Å²) in [7, 11) is -3.53. The van der Waals surface area contributed by atoms with Crippen molar-refractivity contribution in [2.24, 2.45) is 0 Å². The monoisotopic (exact) mass is 313 g/mol. The third-order valence-electron chi connectivity index (χ3n) is 1.71. The summed E-state index contributed by atoms with van der Waals surface area (Å²) in [5.41, 5.74) is -3.30. The number of benzene rings is 1. The molecule has 1 rings (SSSR count). The van der Waals surface area contributed by atoms with Gasteiger partial charge in [-0.05, 0) is 23.9 Å². The molecule has 96 valence electrons. The van der Waals surface area contributed by atoms with E-state index >= 15 is 0 Å². The van der Waals surface area contributed by atoms with Crippen molar-refractivity contribution in [3.8, 4) is 0 Å². The van der Waals surface area contributed by atoms with Crippen molar-refractivity contribution in [3.05, 3.63) is 30.3 Å². The van der Waals surface area contributed by atoms with Gasteiger partial charge in [-0.2, -0.15) is 0 Å². The molecule has 1 aromatic carbocycles. The molecule has 0 spiro atoms. The topological polar surface area (TPSA) is 86.6 Å². The van der Waals surface area contributed by atoms with Gasteiger partial charge in [-0.15, -0.1) is 0 Å². The van der Waals surface area contributed by atoms with Crippen LogP contribution in [-0.2, 0) is 21.8 Å². The van der Waals surface area contributed by atoms with Crippen molar-refractivity contribution < 1.29 is 18.2 Å². The predicted molar refractivity (Wildman–Crippen MR) is 72.8 cm³/mol. The molecule has 0 aliphatic carbocycles. The summed E-state index contributed by atoms with van der Waals surface area (Å²) in [6.07, 6.45) is 0. The largest absolute Gasteiger partial charge is 0.338 e. The van der Waals surface area contributed by atoms with Gasteiger partial charge in [-0.25, -0.2) is 13.1 Å². The summed E-state index contributed by atoms with van der Waals surface area (Å²) >= 11 is 5.17. The van der Waals surface area contributed by atoms with Gasteiger partial charge in [0, 0.05) is 12.3 Å². The Morgan fingerprint density at radius 3 is 2.41 bits per heavy atom. The molecule has 0 saturated carbocycles. The molecular formula is C8H12NO4PS3. The summed E-state index contributed by atoms with van der Waals surface area (Å²) < 4.78 is 25.7. The fraction of sp³-hybridized carbons (Fsp3) is 0.250. The van der Waals surface area contributed by atoms with Crippen molar-refractivity contribution in [1.29, 1.82) is 0 Å². The molecular weight excluding hydrogens is 301 g/mol. The molecule has 0 amide bonds. The van der Waals surface area contributed by atoms with Gasteiger partial charge in [-0.3, -0.25) is 0 Å². The molecule has 5 nitrogen and oxygen atoms in total. The van der Waals surface area contributed by atoms with Crippen LogP contribution < -0.4 is 4.72 Å². The minimum absolute atomic E-state index is 0.0986. The minimum atomic E-state index is -3.53. The molecule has 1 aromatic rings. The number of hydrogen-bond donors (Lipinski definition) is 3. The average molecular weight is 313 g/mol. The van der Waals surface area contributed by atoms with Crippen LogP contribution in [0.25, 0.3) is 0 Å². The lowest BCUT2D eigenvalue weighted by atomic mass is 10.4. The quantitative estimate of drug-likeness (QED) is 0.534. The average Bonchev–Trinajstić information content (AvgIpc) is 2.25. The van der Waals surface area contributed by atoms with E-state index in [1.165, 1.54) is 12.1 Å². The fourth-order valence-corrected chi connectivity index (χ4v) is 4.30. The van der Waals surface area contributed by atoms with Gasteiger partial charge in [0.1, 0.15) is 0 Å². The first-order chi connectivity index (χ1) is 7.81. The van der Waals surface area contributed by atoms with Gasteiger partial charge in [0.05, 0.1) is 4.90 Å². The van der Waals surface area contributed by atoms with Crippen LogP contribution in [0, 0.1) is 0 Å². The fourth-order valence-electron chi connectivity index (χ4n) is 1.02. The third-order valence-corrected chi connectivity index (χ3v) is 6.41. The molecule has 3 N–H and O–H groups in total. The first-order valence-corrected chi connectivity index (χ1v) is 10.3. The van der Waals surface area contributed by atoms with Gasteiger partial charge >= 0.3 is 0 Å². The van der Waals surface area contributed by atoms with E-state index in [1.54, 1.807) is 18.2 Å². The second kappa shape index (κ2) is 6.29. The van der Waals surface area contributed by atoms with Crippen LogP contribution >= 0.6 is 17.1 Å². The smallest absolute Gasteiger partial charge is 0.242 e. The molecule has 0 aliphatic rings. The van der Waals surface area contributed by atoms with Gasteiger partial charge < -0.3 is 9.79 Å². The van der Waals surface area contributed by atoms with E-state index in [0.717, 1.165) is 11.4 Å². The van der Waals surface area contributed by atoms with Gasteiger partial charge in [-0.1, -0.05) is 29.6 Å². The summed E-state index contributed by atoms with van der Waals surface area (Å²) in [5, 5.41) is 0. The number of hydrogen-bond acceptors (Lipinski definition) is 4. The summed E-state index contributed by atoms with van der Waals surface area (Å²) in [6, 6.07) is 7.95. The van der Waals surface area contributed by atoms with E-state index in [1.807, 2.05) is 0 Å². The summed E-state index contributed by atoms with van der Waals surface area (Å²) in [5.74, 6) is 0.219. The van der Waals surface area contributed by atoms with Crippen LogP contribution in [0.15, 0.2) is 35.2 Å². The lowest BCUT2D eigenvalue weighted by Crippen LogP contribution is -2.25. The minimum Gasteiger partial charge on any atom is -0.338 e. The van der Waals surface area contributed by atoms with Gasteiger partial charge in [0.2, 0.25) is 15.7 Å². The lowest BCUT2D eigenvalue weighted by Gasteiger charge is -2.08. The SMILES string of the molecule is O=S(=O)(NCCSP(O)(O)=S)c1ccccc1. The zero-order valence-electron chi connectivity index (χ0n) is 8.68. The Bertz CT molecular complexity index is 499. The van der Waals surface area contributed by atoms with Crippen LogP contribution in [-0.4, -0.2) is 30.5 Å². The molecule has 0 aromatic heterocycles. The highest BCUT2D eigenvalue weighted by Gasteiger charge is 2.13. The first kappa shape index (κ1) is 15.1. The Morgan fingerprint density at radius 1 is 1.29 bits per heavy atom. The Balaban J connectivity index is 2.50. The maximum Gasteiger partial charge on any atom is 0.242 e. The molecule has 0 fully saturated rings. The highest BCUT2D eigenvalue weighted by molar-refractivity contribution is 8.67. The Kier molecular flexibility index (Phi) is 5.59. The Hall–Kier alpha value is 0.0500. The zero-order valence-corrected chi connectivity index (χ0v) is 12.0. The molecule has 17 heavy (non-hydrogen) atoms. The molecule has 0 aliphatic heterocycles. The number of sulfonamides is 1. The Morgan fingerprint density at radius 2 is 1.88 bits per heavy atom. The van der Waals surface area contributed by atoms with E-state index in [-0.39, 0.29) is 17.2 Å². The van der Waals surface area contributed by atoms with E-state index in [2.05, 4.69) is 16.5 Å². The first-order valence-electron chi connectivity index (χ1n) is 4.56. The maximum absolute atomic E-state index is 11.7. The number of rotatable bonds is 6. The highest BCUT2D eigenvalue weighted by atomic mass is 32.9. The molecule has 0 bridgehead atoms. The summed E-state index contributed by atoms with van der Waals surface area (Å²) in [6.45, 7) is 0.0986. The summed E-state index contributed by atoms with van der Waals surface area (Å²) in [4.78, 5) is 18.0. The molecule has 0 atom stereocenters. The van der Waals surface area contributed by atoms with E-state index < -0.39 is 15.7 Å². The van der Waals surface area contributed by atoms with Crippen molar-refractivity contribution in [2.45, 2.75) is 4.90 Å². The van der Waals surface area contributed by atoms with Crippen LogP contribution in [0.1, 0.15) is 0 Å². The van der Waals surface area contributed by atoms with Crippen molar-refractivity contribution in [3.63, 3.8) is 0 Å². The molecule has 9 heteroatoms. The third kappa shape index (κ3) is 5.96.